The van der Waals surface area contributed by atoms with E-state index in [-0.39, 0.29) is 23.7 Å². The SMILES string of the molecule is CCCNC(=O)C(C)N1CC(n2cc(C(=O)O)nn2)C1. The van der Waals surface area contributed by atoms with Crippen LogP contribution < -0.4 is 5.32 Å². The van der Waals surface area contributed by atoms with Crippen LogP contribution in [0.4, 0.5) is 0 Å². The van der Waals surface area contributed by atoms with Crippen molar-refractivity contribution in [1.29, 1.82) is 0 Å². The molecule has 1 aliphatic heterocycles. The van der Waals surface area contributed by atoms with Gasteiger partial charge in [-0.05, 0) is 13.3 Å². The molecule has 1 unspecified atom stereocenters. The number of carbonyl (C=O) groups excluding carboxylic acids is 1. The fourth-order valence-electron chi connectivity index (χ4n) is 2.09. The van der Waals surface area contributed by atoms with Gasteiger partial charge in [-0.3, -0.25) is 9.69 Å². The fraction of sp³-hybridized carbons (Fsp3) is 0.667. The summed E-state index contributed by atoms with van der Waals surface area (Å²) in [5, 5.41) is 19.0. The number of carbonyl (C=O) groups is 2. The molecule has 0 radical (unpaired) electrons. The van der Waals surface area contributed by atoms with E-state index >= 15 is 0 Å². The van der Waals surface area contributed by atoms with Gasteiger partial charge in [0.1, 0.15) is 0 Å². The number of carboxylic acids is 1. The largest absolute Gasteiger partial charge is 0.476 e. The Balaban J connectivity index is 1.84. The number of amides is 1. The Morgan fingerprint density at radius 1 is 1.55 bits per heavy atom. The van der Waals surface area contributed by atoms with Gasteiger partial charge >= 0.3 is 5.97 Å². The molecule has 0 spiro atoms. The smallest absolute Gasteiger partial charge is 0.358 e. The summed E-state index contributed by atoms with van der Waals surface area (Å²) in [6.45, 7) is 5.90. The average molecular weight is 281 g/mol. The van der Waals surface area contributed by atoms with Crippen molar-refractivity contribution in [2.45, 2.75) is 32.4 Å². The lowest BCUT2D eigenvalue weighted by Gasteiger charge is -2.41. The summed E-state index contributed by atoms with van der Waals surface area (Å²) in [6, 6.07) is -0.0997. The second-order valence-corrected chi connectivity index (χ2v) is 4.96. The lowest BCUT2D eigenvalue weighted by molar-refractivity contribution is -0.128. The van der Waals surface area contributed by atoms with Crippen molar-refractivity contribution in [2.24, 2.45) is 0 Å². The van der Waals surface area contributed by atoms with Crippen LogP contribution in [0.25, 0.3) is 0 Å². The summed E-state index contributed by atoms with van der Waals surface area (Å²) in [5.74, 6) is -1.06. The number of nitrogens with one attached hydrogen (secondary N) is 1. The molecule has 2 heterocycles. The van der Waals surface area contributed by atoms with E-state index in [0.717, 1.165) is 6.42 Å². The Kier molecular flexibility index (Phi) is 4.33. The molecule has 2 N–H and O–H groups in total. The molecule has 8 heteroatoms. The van der Waals surface area contributed by atoms with E-state index in [2.05, 4.69) is 15.6 Å². The molecular weight excluding hydrogens is 262 g/mol. The van der Waals surface area contributed by atoms with E-state index in [9.17, 15) is 9.59 Å². The van der Waals surface area contributed by atoms with Crippen LogP contribution in [-0.4, -0.2) is 62.6 Å². The van der Waals surface area contributed by atoms with Gasteiger partial charge in [0.2, 0.25) is 5.91 Å². The highest BCUT2D eigenvalue weighted by Gasteiger charge is 2.35. The summed E-state index contributed by atoms with van der Waals surface area (Å²) >= 11 is 0. The predicted octanol–water partition coefficient (Wildman–Crippen LogP) is -0.252. The summed E-state index contributed by atoms with van der Waals surface area (Å²) in [6.07, 6.45) is 2.34. The minimum atomic E-state index is -1.08. The van der Waals surface area contributed by atoms with E-state index in [1.165, 1.54) is 6.20 Å². The van der Waals surface area contributed by atoms with Crippen molar-refractivity contribution in [3.63, 3.8) is 0 Å². The summed E-state index contributed by atoms with van der Waals surface area (Å²) in [7, 11) is 0. The Hall–Kier alpha value is -1.96. The quantitative estimate of drug-likeness (QED) is 0.745. The van der Waals surface area contributed by atoms with Gasteiger partial charge in [-0.15, -0.1) is 5.10 Å². The molecule has 1 aromatic rings. The standard InChI is InChI=1S/C12H19N5O3/c1-3-4-13-11(18)8(2)16-5-9(6-16)17-7-10(12(19)20)14-15-17/h7-9H,3-6H2,1-2H3,(H,13,18)(H,19,20). The third-order valence-electron chi connectivity index (χ3n) is 3.47. The van der Waals surface area contributed by atoms with Crippen LogP contribution in [0, 0.1) is 0 Å². The highest BCUT2D eigenvalue weighted by atomic mass is 16.4. The van der Waals surface area contributed by atoms with Gasteiger partial charge in [0.15, 0.2) is 5.69 Å². The van der Waals surface area contributed by atoms with Gasteiger partial charge in [-0.1, -0.05) is 12.1 Å². The highest BCUT2D eigenvalue weighted by Crippen LogP contribution is 2.22. The van der Waals surface area contributed by atoms with Crippen molar-refractivity contribution < 1.29 is 14.7 Å². The van der Waals surface area contributed by atoms with E-state index in [4.69, 9.17) is 5.11 Å². The zero-order valence-corrected chi connectivity index (χ0v) is 11.6. The number of likely N-dealkylation sites (tertiary alicyclic amines) is 1. The van der Waals surface area contributed by atoms with E-state index in [1.54, 1.807) is 4.68 Å². The lowest BCUT2D eigenvalue weighted by Crippen LogP contribution is -2.56. The number of hydrogen-bond acceptors (Lipinski definition) is 5. The van der Waals surface area contributed by atoms with Crippen molar-refractivity contribution in [2.75, 3.05) is 19.6 Å². The molecule has 1 aliphatic rings. The molecule has 20 heavy (non-hydrogen) atoms. The van der Waals surface area contributed by atoms with Crippen molar-refractivity contribution >= 4 is 11.9 Å². The molecule has 8 nitrogen and oxygen atoms in total. The molecule has 2 rings (SSSR count). The molecular formula is C12H19N5O3. The minimum Gasteiger partial charge on any atom is -0.476 e. The monoisotopic (exact) mass is 281 g/mol. The number of aromatic carboxylic acids is 1. The molecule has 1 atom stereocenters. The van der Waals surface area contributed by atoms with E-state index < -0.39 is 5.97 Å². The van der Waals surface area contributed by atoms with Crippen LogP contribution in [0.5, 0.6) is 0 Å². The first-order valence-corrected chi connectivity index (χ1v) is 6.69. The molecule has 0 aliphatic carbocycles. The average Bonchev–Trinajstić information content (AvgIpc) is 2.83. The first-order chi connectivity index (χ1) is 9.52. The fourth-order valence-corrected chi connectivity index (χ4v) is 2.09. The van der Waals surface area contributed by atoms with Crippen molar-refractivity contribution in [1.82, 2.24) is 25.2 Å². The molecule has 1 fully saturated rings. The van der Waals surface area contributed by atoms with Crippen LogP contribution in [0.2, 0.25) is 0 Å². The Morgan fingerprint density at radius 2 is 2.25 bits per heavy atom. The van der Waals surface area contributed by atoms with Gasteiger partial charge in [0.05, 0.1) is 18.3 Å². The van der Waals surface area contributed by atoms with E-state index in [1.807, 2.05) is 18.7 Å². The maximum atomic E-state index is 11.8. The Bertz CT molecular complexity index is 495. The first kappa shape index (κ1) is 14.4. The maximum Gasteiger partial charge on any atom is 0.358 e. The van der Waals surface area contributed by atoms with Crippen LogP contribution in [0.1, 0.15) is 36.8 Å². The molecule has 0 saturated carbocycles. The van der Waals surface area contributed by atoms with Gasteiger partial charge < -0.3 is 10.4 Å². The van der Waals surface area contributed by atoms with Crippen LogP contribution in [0.3, 0.4) is 0 Å². The first-order valence-electron chi connectivity index (χ1n) is 6.69. The number of carboxylic acid groups (broad SMARTS) is 1. The minimum absolute atomic E-state index is 0.0233. The molecule has 0 aromatic carbocycles. The molecule has 110 valence electrons. The summed E-state index contributed by atoms with van der Waals surface area (Å²) in [5.41, 5.74) is -0.0582. The highest BCUT2D eigenvalue weighted by molar-refractivity contribution is 5.84. The summed E-state index contributed by atoms with van der Waals surface area (Å²) < 4.78 is 1.55. The van der Waals surface area contributed by atoms with Gasteiger partial charge in [0, 0.05) is 19.6 Å². The zero-order valence-electron chi connectivity index (χ0n) is 11.6. The van der Waals surface area contributed by atoms with Crippen LogP contribution in [-0.2, 0) is 4.79 Å². The topological polar surface area (TPSA) is 100 Å². The number of rotatable bonds is 6. The molecule has 1 aromatic heterocycles. The number of aromatic nitrogens is 3. The van der Waals surface area contributed by atoms with Gasteiger partial charge in [-0.2, -0.15) is 0 Å². The van der Waals surface area contributed by atoms with Gasteiger partial charge in [0.25, 0.3) is 0 Å². The second-order valence-electron chi connectivity index (χ2n) is 4.96. The predicted molar refractivity (Wildman–Crippen MR) is 70.4 cm³/mol. The molecule has 0 bridgehead atoms. The molecule has 1 saturated heterocycles. The Morgan fingerprint density at radius 3 is 2.80 bits per heavy atom. The van der Waals surface area contributed by atoms with E-state index in [0.29, 0.717) is 19.6 Å². The van der Waals surface area contributed by atoms with Crippen molar-refractivity contribution in [3.05, 3.63) is 11.9 Å². The third kappa shape index (κ3) is 2.96. The van der Waals surface area contributed by atoms with Crippen LogP contribution in [0.15, 0.2) is 6.20 Å². The molecule has 1 amide bonds. The maximum absolute atomic E-state index is 11.8. The van der Waals surface area contributed by atoms with Crippen LogP contribution >= 0.6 is 0 Å². The van der Waals surface area contributed by atoms with Gasteiger partial charge in [-0.25, -0.2) is 9.48 Å². The second kappa shape index (κ2) is 6.00. The Labute approximate surface area is 116 Å². The third-order valence-corrected chi connectivity index (χ3v) is 3.47. The number of hydrogen-bond donors (Lipinski definition) is 2. The number of nitrogens with zero attached hydrogens (tertiary/aromatic N) is 4. The summed E-state index contributed by atoms with van der Waals surface area (Å²) in [4.78, 5) is 24.6. The lowest BCUT2D eigenvalue weighted by atomic mass is 10.1. The van der Waals surface area contributed by atoms with Crippen molar-refractivity contribution in [3.8, 4) is 0 Å². The normalized spacial score (nSPS) is 17.5. The zero-order chi connectivity index (χ0) is 14.7.